The molecule has 1 unspecified atom stereocenters. The molecule has 5 heteroatoms. The molecule has 1 aliphatic heterocycles. The number of hydrogen-bond acceptors (Lipinski definition) is 3. The molecule has 0 spiro atoms. The normalized spacial score (nSPS) is 19.0. The van der Waals surface area contributed by atoms with Crippen molar-refractivity contribution in [2.75, 3.05) is 0 Å². The van der Waals surface area contributed by atoms with E-state index in [9.17, 15) is 4.39 Å². The van der Waals surface area contributed by atoms with E-state index in [-0.39, 0.29) is 5.82 Å². The molecule has 0 radical (unpaired) electrons. The van der Waals surface area contributed by atoms with Crippen molar-refractivity contribution in [1.82, 2.24) is 4.98 Å². The minimum atomic E-state index is -0.806. The van der Waals surface area contributed by atoms with Crippen LogP contribution in [0, 0.1) is 5.82 Å². The fourth-order valence-electron chi connectivity index (χ4n) is 3.24. The van der Waals surface area contributed by atoms with Crippen LogP contribution in [-0.2, 0) is 5.54 Å². The fourth-order valence-corrected chi connectivity index (χ4v) is 3.62. The van der Waals surface area contributed by atoms with Gasteiger partial charge in [0, 0.05) is 18.0 Å². The molecule has 24 heavy (non-hydrogen) atoms. The Kier molecular flexibility index (Phi) is 3.46. The average molecular weight is 382 g/mol. The summed E-state index contributed by atoms with van der Waals surface area (Å²) in [7, 11) is 0. The second-order valence-corrected chi connectivity index (χ2v) is 6.47. The zero-order chi connectivity index (χ0) is 16.7. The third-order valence-electron chi connectivity index (χ3n) is 4.32. The van der Waals surface area contributed by atoms with Gasteiger partial charge >= 0.3 is 0 Å². The highest BCUT2D eigenvalue weighted by molar-refractivity contribution is 9.10. The zero-order valence-electron chi connectivity index (χ0n) is 12.6. The number of nitrogens with two attached hydrogens (primary N) is 1. The smallest absolute Gasteiger partial charge is 0.139 e. The van der Waals surface area contributed by atoms with Gasteiger partial charge in [-0.2, -0.15) is 0 Å². The van der Waals surface area contributed by atoms with Crippen LogP contribution >= 0.6 is 15.9 Å². The molecule has 4 rings (SSSR count). The van der Waals surface area contributed by atoms with E-state index in [1.165, 1.54) is 6.07 Å². The Morgan fingerprint density at radius 2 is 1.71 bits per heavy atom. The number of pyridine rings is 1. The van der Waals surface area contributed by atoms with Crippen LogP contribution in [0.1, 0.15) is 22.3 Å². The first-order valence-corrected chi connectivity index (χ1v) is 8.23. The van der Waals surface area contributed by atoms with E-state index < -0.39 is 5.54 Å². The summed E-state index contributed by atoms with van der Waals surface area (Å²) in [5, 5.41) is 0. The molecule has 3 nitrogen and oxygen atoms in total. The van der Waals surface area contributed by atoms with Gasteiger partial charge < -0.3 is 5.73 Å². The molecule has 1 aliphatic rings. The summed E-state index contributed by atoms with van der Waals surface area (Å²) < 4.78 is 14.2. The average Bonchev–Trinajstić information content (AvgIpc) is 2.92. The second kappa shape index (κ2) is 5.53. The number of hydrogen-bond donors (Lipinski definition) is 1. The van der Waals surface area contributed by atoms with Crippen molar-refractivity contribution in [3.05, 3.63) is 99.5 Å². The highest BCUT2D eigenvalue weighted by Crippen LogP contribution is 2.46. The van der Waals surface area contributed by atoms with E-state index >= 15 is 0 Å². The van der Waals surface area contributed by atoms with Crippen molar-refractivity contribution in [3.8, 4) is 0 Å². The van der Waals surface area contributed by atoms with Gasteiger partial charge in [0.1, 0.15) is 17.2 Å². The van der Waals surface area contributed by atoms with Gasteiger partial charge in [0.2, 0.25) is 0 Å². The molecule has 1 atom stereocenters. The number of rotatable bonds is 2. The summed E-state index contributed by atoms with van der Waals surface area (Å²) in [6, 6.07) is 16.6. The summed E-state index contributed by atoms with van der Waals surface area (Å²) in [4.78, 5) is 8.92. The predicted molar refractivity (Wildman–Crippen MR) is 95.4 cm³/mol. The van der Waals surface area contributed by atoms with Crippen molar-refractivity contribution in [2.45, 2.75) is 5.54 Å². The Bertz CT molecular complexity index is 956. The molecule has 0 aliphatic carbocycles. The summed E-state index contributed by atoms with van der Waals surface area (Å²) in [5.41, 5.74) is 9.06. The van der Waals surface area contributed by atoms with Crippen molar-refractivity contribution >= 4 is 21.8 Å². The Morgan fingerprint density at radius 3 is 2.46 bits per heavy atom. The number of nitrogens with zero attached hydrogens (tertiary/aromatic N) is 2. The molecule has 2 aromatic carbocycles. The van der Waals surface area contributed by atoms with Crippen LogP contribution in [0.15, 0.2) is 76.5 Å². The van der Waals surface area contributed by atoms with E-state index in [0.717, 1.165) is 22.3 Å². The van der Waals surface area contributed by atoms with Gasteiger partial charge in [-0.25, -0.2) is 9.38 Å². The molecule has 0 bridgehead atoms. The summed E-state index contributed by atoms with van der Waals surface area (Å²) in [5.74, 6) is 0.162. The van der Waals surface area contributed by atoms with Crippen molar-refractivity contribution in [3.63, 3.8) is 0 Å². The van der Waals surface area contributed by atoms with E-state index in [1.807, 2.05) is 36.4 Å². The molecular formula is C19H13BrFN3. The lowest BCUT2D eigenvalue weighted by Gasteiger charge is -2.29. The fraction of sp³-hybridized carbons (Fsp3) is 0.0526. The molecule has 3 aromatic rings. The van der Waals surface area contributed by atoms with Gasteiger partial charge in [-0.15, -0.1) is 0 Å². The topological polar surface area (TPSA) is 51.3 Å². The van der Waals surface area contributed by atoms with Crippen LogP contribution in [-0.4, -0.2) is 10.8 Å². The van der Waals surface area contributed by atoms with Crippen LogP contribution < -0.4 is 5.73 Å². The number of aromatic nitrogens is 1. The predicted octanol–water partition coefficient (Wildman–Crippen LogP) is 3.99. The summed E-state index contributed by atoms with van der Waals surface area (Å²) in [6.07, 6.45) is 3.45. The lowest BCUT2D eigenvalue weighted by atomic mass is 9.78. The number of benzene rings is 2. The van der Waals surface area contributed by atoms with Gasteiger partial charge in [-0.05, 0) is 56.9 Å². The Balaban J connectivity index is 2.08. The maximum Gasteiger partial charge on any atom is 0.139 e. The quantitative estimate of drug-likeness (QED) is 0.729. The molecule has 0 saturated heterocycles. The molecule has 0 saturated carbocycles. The molecule has 118 valence electrons. The lowest BCUT2D eigenvalue weighted by molar-refractivity contribution is 0.613. The Morgan fingerprint density at radius 1 is 0.958 bits per heavy atom. The second-order valence-electron chi connectivity index (χ2n) is 5.62. The maximum absolute atomic E-state index is 13.8. The van der Waals surface area contributed by atoms with Crippen LogP contribution in [0.2, 0.25) is 0 Å². The highest BCUT2D eigenvalue weighted by Gasteiger charge is 2.42. The molecule has 2 heterocycles. The first-order valence-electron chi connectivity index (χ1n) is 7.44. The first-order chi connectivity index (χ1) is 11.6. The Hall–Kier alpha value is -2.53. The maximum atomic E-state index is 13.8. The zero-order valence-corrected chi connectivity index (χ0v) is 14.2. The van der Waals surface area contributed by atoms with Crippen molar-refractivity contribution in [2.24, 2.45) is 10.7 Å². The monoisotopic (exact) mass is 381 g/mol. The standard InChI is InChI=1S/C19H13BrFN3/c20-16-11-13(5-6-17(16)21)19(12-7-9-23-10-8-12)15-4-2-1-3-14(15)18(22)24-19/h1-11H,(H2,22,24). The summed E-state index contributed by atoms with van der Waals surface area (Å²) >= 11 is 3.28. The van der Waals surface area contributed by atoms with Crippen LogP contribution in [0.25, 0.3) is 0 Å². The first kappa shape index (κ1) is 15.0. The number of fused-ring (bicyclic) bond motifs is 1. The van der Waals surface area contributed by atoms with Crippen molar-refractivity contribution in [1.29, 1.82) is 0 Å². The molecule has 2 N–H and O–H groups in total. The number of aliphatic imine (C=N–C) groups is 1. The van der Waals surface area contributed by atoms with Gasteiger partial charge in [-0.1, -0.05) is 30.3 Å². The minimum Gasteiger partial charge on any atom is -0.383 e. The third-order valence-corrected chi connectivity index (χ3v) is 4.92. The molecule has 0 amide bonds. The molecular weight excluding hydrogens is 369 g/mol. The van der Waals surface area contributed by atoms with Crippen LogP contribution in [0.4, 0.5) is 4.39 Å². The van der Waals surface area contributed by atoms with Gasteiger partial charge in [0.05, 0.1) is 4.47 Å². The van der Waals surface area contributed by atoms with E-state index in [2.05, 4.69) is 20.9 Å². The number of amidine groups is 1. The third kappa shape index (κ3) is 2.08. The van der Waals surface area contributed by atoms with Crippen LogP contribution in [0.3, 0.4) is 0 Å². The highest BCUT2D eigenvalue weighted by atomic mass is 79.9. The van der Waals surface area contributed by atoms with Crippen LogP contribution in [0.5, 0.6) is 0 Å². The van der Waals surface area contributed by atoms with E-state index in [0.29, 0.717) is 10.3 Å². The van der Waals surface area contributed by atoms with Gasteiger partial charge in [-0.3, -0.25) is 4.98 Å². The van der Waals surface area contributed by atoms with E-state index in [1.54, 1.807) is 24.5 Å². The minimum absolute atomic E-state index is 0.313. The molecule has 1 aromatic heterocycles. The summed E-state index contributed by atoms with van der Waals surface area (Å²) in [6.45, 7) is 0. The SMILES string of the molecule is NC1=NC(c2ccncc2)(c2ccc(F)c(Br)c2)c2ccccc21. The Labute approximate surface area is 147 Å². The van der Waals surface area contributed by atoms with Gasteiger partial charge in [0.15, 0.2) is 0 Å². The number of halogens is 2. The van der Waals surface area contributed by atoms with Crippen molar-refractivity contribution < 1.29 is 4.39 Å². The van der Waals surface area contributed by atoms with Gasteiger partial charge in [0.25, 0.3) is 0 Å². The lowest BCUT2D eigenvalue weighted by Crippen LogP contribution is -2.25. The molecule has 0 fully saturated rings. The van der Waals surface area contributed by atoms with E-state index in [4.69, 9.17) is 10.7 Å². The largest absolute Gasteiger partial charge is 0.383 e.